The molecular weight excluding hydrogens is 395 g/mol. The highest BCUT2D eigenvalue weighted by atomic mass is 35.5. The SMILES string of the molecule is CCn1cc(S(=O)(=O)NCCCn2nc(C(F)(F)F)c(Cl)c2C)c(C)n1. The van der Waals surface area contributed by atoms with E-state index in [0.29, 0.717) is 12.2 Å². The van der Waals surface area contributed by atoms with Crippen molar-refractivity contribution >= 4 is 21.6 Å². The van der Waals surface area contributed by atoms with Crippen LogP contribution in [0.2, 0.25) is 5.02 Å². The number of nitrogens with zero attached hydrogens (tertiary/aromatic N) is 4. The van der Waals surface area contributed by atoms with E-state index in [1.807, 2.05) is 6.92 Å². The number of aromatic nitrogens is 4. The van der Waals surface area contributed by atoms with Gasteiger partial charge in [0, 0.05) is 25.8 Å². The second-order valence-electron chi connectivity index (χ2n) is 5.65. The number of nitrogens with one attached hydrogen (secondary N) is 1. The van der Waals surface area contributed by atoms with Gasteiger partial charge in [0.25, 0.3) is 0 Å². The topological polar surface area (TPSA) is 81.8 Å². The molecule has 1 N–H and O–H groups in total. The van der Waals surface area contributed by atoms with Crippen molar-refractivity contribution in [3.05, 3.63) is 28.3 Å². The van der Waals surface area contributed by atoms with Gasteiger partial charge in [0.2, 0.25) is 10.0 Å². The molecule has 0 radical (unpaired) electrons. The second kappa shape index (κ2) is 7.57. The predicted octanol–water partition coefficient (Wildman–Crippen LogP) is 2.76. The quantitative estimate of drug-likeness (QED) is 0.707. The van der Waals surface area contributed by atoms with E-state index in [1.165, 1.54) is 17.8 Å². The fraction of sp³-hybridized carbons (Fsp3) is 0.571. The van der Waals surface area contributed by atoms with Crippen LogP contribution in [0.1, 0.15) is 30.4 Å². The smallest absolute Gasteiger partial charge is 0.271 e. The molecule has 0 unspecified atom stereocenters. The van der Waals surface area contributed by atoms with Gasteiger partial charge in [-0.3, -0.25) is 9.36 Å². The van der Waals surface area contributed by atoms with E-state index in [-0.39, 0.29) is 30.1 Å². The molecule has 2 aromatic rings. The average molecular weight is 414 g/mol. The van der Waals surface area contributed by atoms with Crippen molar-refractivity contribution in [2.45, 2.75) is 51.4 Å². The van der Waals surface area contributed by atoms with Crippen molar-refractivity contribution in [1.29, 1.82) is 0 Å². The first-order valence-corrected chi connectivity index (χ1v) is 9.67. The van der Waals surface area contributed by atoms with Gasteiger partial charge in [-0.05, 0) is 27.2 Å². The van der Waals surface area contributed by atoms with Crippen LogP contribution in [0.25, 0.3) is 0 Å². The van der Waals surface area contributed by atoms with Gasteiger partial charge >= 0.3 is 6.18 Å². The summed E-state index contributed by atoms with van der Waals surface area (Å²) < 4.78 is 68.0. The summed E-state index contributed by atoms with van der Waals surface area (Å²) in [7, 11) is -3.74. The van der Waals surface area contributed by atoms with Crippen LogP contribution in [0, 0.1) is 13.8 Å². The Morgan fingerprint density at radius 1 is 1.27 bits per heavy atom. The Morgan fingerprint density at radius 3 is 2.42 bits per heavy atom. The van der Waals surface area contributed by atoms with E-state index in [1.54, 1.807) is 6.92 Å². The maximum atomic E-state index is 12.8. The Balaban J connectivity index is 1.99. The minimum Gasteiger partial charge on any atom is -0.271 e. The molecule has 146 valence electrons. The fourth-order valence-electron chi connectivity index (χ4n) is 2.36. The molecular formula is C14H19ClF3N5O2S. The summed E-state index contributed by atoms with van der Waals surface area (Å²) in [6, 6.07) is 0. The molecule has 2 aromatic heterocycles. The number of halogens is 4. The number of hydrogen-bond acceptors (Lipinski definition) is 4. The first-order valence-electron chi connectivity index (χ1n) is 7.81. The molecule has 0 aliphatic carbocycles. The lowest BCUT2D eigenvalue weighted by atomic mass is 10.3. The lowest BCUT2D eigenvalue weighted by molar-refractivity contribution is -0.141. The summed E-state index contributed by atoms with van der Waals surface area (Å²) in [6.45, 7) is 5.53. The monoisotopic (exact) mass is 413 g/mol. The van der Waals surface area contributed by atoms with Crippen molar-refractivity contribution in [1.82, 2.24) is 24.3 Å². The molecule has 0 spiro atoms. The van der Waals surface area contributed by atoms with Crippen molar-refractivity contribution in [2.75, 3.05) is 6.54 Å². The van der Waals surface area contributed by atoms with E-state index >= 15 is 0 Å². The Hall–Kier alpha value is -1.59. The summed E-state index contributed by atoms with van der Waals surface area (Å²) in [6.07, 6.45) is -2.95. The molecule has 0 atom stereocenters. The third kappa shape index (κ3) is 4.38. The number of alkyl halides is 3. The molecule has 2 rings (SSSR count). The van der Waals surface area contributed by atoms with Crippen LogP contribution in [0.3, 0.4) is 0 Å². The number of hydrogen-bond donors (Lipinski definition) is 1. The van der Waals surface area contributed by atoms with Gasteiger partial charge in [-0.2, -0.15) is 23.4 Å². The van der Waals surface area contributed by atoms with E-state index < -0.39 is 26.9 Å². The van der Waals surface area contributed by atoms with E-state index in [4.69, 9.17) is 11.6 Å². The van der Waals surface area contributed by atoms with Gasteiger partial charge in [0.15, 0.2) is 5.69 Å². The first kappa shape index (κ1) is 20.7. The molecule has 0 fully saturated rings. The molecule has 2 heterocycles. The van der Waals surface area contributed by atoms with Crippen LogP contribution in [-0.2, 0) is 29.3 Å². The largest absolute Gasteiger partial charge is 0.436 e. The molecule has 0 amide bonds. The van der Waals surface area contributed by atoms with Crippen LogP contribution in [0.15, 0.2) is 11.1 Å². The van der Waals surface area contributed by atoms with Crippen LogP contribution in [0.4, 0.5) is 13.2 Å². The van der Waals surface area contributed by atoms with Gasteiger partial charge in [0.1, 0.15) is 4.90 Å². The Bertz CT molecular complexity index is 889. The summed E-state index contributed by atoms with van der Waals surface area (Å²) in [4.78, 5) is 0.0806. The van der Waals surface area contributed by atoms with Gasteiger partial charge in [-0.25, -0.2) is 13.1 Å². The molecule has 0 aromatic carbocycles. The number of rotatable bonds is 7. The zero-order chi connectivity index (χ0) is 19.7. The highest BCUT2D eigenvalue weighted by Gasteiger charge is 2.38. The standard InChI is InChI=1S/C14H19ClF3N5O2S/c1-4-22-8-11(9(2)20-22)26(24,25)19-6-5-7-23-10(3)12(15)13(21-23)14(16,17)18/h8,19H,4-7H2,1-3H3. The molecule has 12 heteroatoms. The van der Waals surface area contributed by atoms with Gasteiger partial charge in [-0.15, -0.1) is 0 Å². The first-order chi connectivity index (χ1) is 12.0. The van der Waals surface area contributed by atoms with Crippen molar-refractivity contribution in [2.24, 2.45) is 0 Å². The minimum atomic E-state index is -4.63. The lowest BCUT2D eigenvalue weighted by Crippen LogP contribution is -2.26. The highest BCUT2D eigenvalue weighted by molar-refractivity contribution is 7.89. The maximum absolute atomic E-state index is 12.8. The molecule has 0 aliphatic heterocycles. The molecule has 0 saturated heterocycles. The van der Waals surface area contributed by atoms with Gasteiger partial charge < -0.3 is 0 Å². The van der Waals surface area contributed by atoms with Crippen LogP contribution in [0.5, 0.6) is 0 Å². The summed E-state index contributed by atoms with van der Waals surface area (Å²) >= 11 is 5.67. The molecule has 0 bridgehead atoms. The average Bonchev–Trinajstić information content (AvgIpc) is 3.06. The zero-order valence-electron chi connectivity index (χ0n) is 14.4. The molecule has 0 saturated carbocycles. The Kier molecular flexibility index (Phi) is 6.03. The third-order valence-corrected chi connectivity index (χ3v) is 5.77. The zero-order valence-corrected chi connectivity index (χ0v) is 16.0. The van der Waals surface area contributed by atoms with E-state index in [2.05, 4.69) is 14.9 Å². The van der Waals surface area contributed by atoms with E-state index in [9.17, 15) is 21.6 Å². The summed E-state index contributed by atoms with van der Waals surface area (Å²) in [5.74, 6) is 0. The van der Waals surface area contributed by atoms with Crippen molar-refractivity contribution in [3.63, 3.8) is 0 Å². The van der Waals surface area contributed by atoms with Gasteiger partial charge in [0.05, 0.1) is 16.4 Å². The Morgan fingerprint density at radius 2 is 1.92 bits per heavy atom. The molecule has 0 aliphatic rings. The lowest BCUT2D eigenvalue weighted by Gasteiger charge is -2.07. The maximum Gasteiger partial charge on any atom is 0.436 e. The fourth-order valence-corrected chi connectivity index (χ4v) is 3.86. The second-order valence-corrected chi connectivity index (χ2v) is 7.77. The van der Waals surface area contributed by atoms with Crippen LogP contribution >= 0.6 is 11.6 Å². The predicted molar refractivity (Wildman–Crippen MR) is 89.4 cm³/mol. The van der Waals surface area contributed by atoms with Crippen molar-refractivity contribution < 1.29 is 21.6 Å². The summed E-state index contributed by atoms with van der Waals surface area (Å²) in [5.41, 5.74) is -0.578. The van der Waals surface area contributed by atoms with E-state index in [0.717, 1.165) is 4.68 Å². The minimum absolute atomic E-state index is 0.0390. The highest BCUT2D eigenvalue weighted by Crippen LogP contribution is 2.35. The molecule has 7 nitrogen and oxygen atoms in total. The summed E-state index contributed by atoms with van der Waals surface area (Å²) in [5, 5.41) is 7.11. The van der Waals surface area contributed by atoms with Crippen LogP contribution < -0.4 is 4.72 Å². The van der Waals surface area contributed by atoms with Crippen LogP contribution in [-0.4, -0.2) is 34.5 Å². The number of sulfonamides is 1. The van der Waals surface area contributed by atoms with Gasteiger partial charge in [-0.1, -0.05) is 11.6 Å². The Labute approximate surface area is 154 Å². The number of aryl methyl sites for hydroxylation is 3. The normalized spacial score (nSPS) is 12.7. The third-order valence-electron chi connectivity index (χ3n) is 3.76. The van der Waals surface area contributed by atoms with Crippen molar-refractivity contribution in [3.8, 4) is 0 Å². The molecule has 26 heavy (non-hydrogen) atoms.